The summed E-state index contributed by atoms with van der Waals surface area (Å²) in [7, 11) is 0. The molecule has 20 heavy (non-hydrogen) atoms. The molecule has 1 aromatic rings. The van der Waals surface area contributed by atoms with Gasteiger partial charge in [-0.3, -0.25) is 4.79 Å². The van der Waals surface area contributed by atoms with Gasteiger partial charge in [-0.25, -0.2) is 0 Å². The Morgan fingerprint density at radius 1 is 1.20 bits per heavy atom. The number of nitrogens with zero attached hydrogens (tertiary/aromatic N) is 1. The number of benzene rings is 1. The average Bonchev–Trinajstić information content (AvgIpc) is 2.90. The molecule has 0 bridgehead atoms. The van der Waals surface area contributed by atoms with Crippen LogP contribution in [-0.4, -0.2) is 37.0 Å². The zero-order valence-electron chi connectivity index (χ0n) is 11.3. The zero-order valence-corrected chi connectivity index (χ0v) is 12.8. The number of likely N-dealkylation sites (tertiary alicyclic amines) is 1. The monoisotopic (exact) mass is 312 g/mol. The number of carbonyl (C=O) groups excluding carboxylic acids is 1. The highest BCUT2D eigenvalue weighted by atomic mass is 35.5. The summed E-state index contributed by atoms with van der Waals surface area (Å²) in [6.07, 6.45) is 3.38. The molecule has 1 amide bonds. The highest BCUT2D eigenvalue weighted by molar-refractivity contribution is 6.43. The first-order valence-electron chi connectivity index (χ1n) is 7.05. The maximum absolute atomic E-state index is 12.5. The van der Waals surface area contributed by atoms with Crippen molar-refractivity contribution in [2.75, 3.05) is 26.2 Å². The van der Waals surface area contributed by atoms with E-state index in [2.05, 4.69) is 5.32 Å². The van der Waals surface area contributed by atoms with Gasteiger partial charge >= 0.3 is 0 Å². The summed E-state index contributed by atoms with van der Waals surface area (Å²) in [6.45, 7) is 3.81. The van der Waals surface area contributed by atoms with Crippen LogP contribution in [0.5, 0.6) is 0 Å². The Kier molecular flexibility index (Phi) is 3.93. The van der Waals surface area contributed by atoms with E-state index in [0.717, 1.165) is 39.0 Å². The largest absolute Gasteiger partial charge is 0.339 e. The van der Waals surface area contributed by atoms with Crippen LogP contribution in [0, 0.1) is 5.41 Å². The highest BCUT2D eigenvalue weighted by Crippen LogP contribution is 2.37. The van der Waals surface area contributed by atoms with E-state index in [9.17, 15) is 4.79 Å². The summed E-state index contributed by atoms with van der Waals surface area (Å²) in [6, 6.07) is 5.22. The van der Waals surface area contributed by atoms with Gasteiger partial charge in [0.25, 0.3) is 5.91 Å². The zero-order chi connectivity index (χ0) is 14.2. The van der Waals surface area contributed by atoms with Crippen LogP contribution >= 0.6 is 23.2 Å². The van der Waals surface area contributed by atoms with Crippen molar-refractivity contribution in [1.29, 1.82) is 0 Å². The Morgan fingerprint density at radius 2 is 1.95 bits per heavy atom. The summed E-state index contributed by atoms with van der Waals surface area (Å²) in [5, 5.41) is 4.23. The third-order valence-electron chi connectivity index (χ3n) is 4.63. The molecule has 0 aliphatic carbocycles. The molecule has 0 radical (unpaired) electrons. The minimum Gasteiger partial charge on any atom is -0.339 e. The lowest BCUT2D eigenvalue weighted by Crippen LogP contribution is -2.44. The fraction of sp³-hybridized carbons (Fsp3) is 0.533. The number of piperidine rings is 1. The van der Waals surface area contributed by atoms with Crippen molar-refractivity contribution in [3.63, 3.8) is 0 Å². The molecule has 2 heterocycles. The second-order valence-electron chi connectivity index (χ2n) is 5.82. The van der Waals surface area contributed by atoms with Gasteiger partial charge in [0.1, 0.15) is 0 Å². The van der Waals surface area contributed by atoms with Gasteiger partial charge in [0, 0.05) is 19.6 Å². The number of halogens is 2. The molecule has 3 rings (SSSR count). The van der Waals surface area contributed by atoms with E-state index >= 15 is 0 Å². The molecule has 0 aromatic heterocycles. The minimum atomic E-state index is -0.00157. The average molecular weight is 313 g/mol. The maximum atomic E-state index is 12.5. The lowest BCUT2D eigenvalue weighted by molar-refractivity contribution is 0.0608. The molecule has 2 aliphatic heterocycles. The van der Waals surface area contributed by atoms with Crippen molar-refractivity contribution in [1.82, 2.24) is 10.2 Å². The standard InChI is InChI=1S/C15H18Cl2N2O/c16-12-3-1-2-11(13(12)17)14(20)19-8-5-15(6-9-19)4-7-18-10-15/h1-3,18H,4-10H2. The van der Waals surface area contributed by atoms with Crippen LogP contribution in [0.15, 0.2) is 18.2 Å². The van der Waals surface area contributed by atoms with Gasteiger partial charge < -0.3 is 10.2 Å². The molecular weight excluding hydrogens is 295 g/mol. The van der Waals surface area contributed by atoms with Gasteiger partial charge in [0.05, 0.1) is 15.6 Å². The second kappa shape index (κ2) is 5.55. The fourth-order valence-corrected chi connectivity index (χ4v) is 3.63. The Labute approximate surface area is 129 Å². The fourth-order valence-electron chi connectivity index (χ4n) is 3.25. The maximum Gasteiger partial charge on any atom is 0.255 e. The van der Waals surface area contributed by atoms with Crippen molar-refractivity contribution < 1.29 is 4.79 Å². The van der Waals surface area contributed by atoms with Crippen LogP contribution in [0.1, 0.15) is 29.6 Å². The van der Waals surface area contributed by atoms with E-state index in [1.165, 1.54) is 6.42 Å². The SMILES string of the molecule is O=C(c1cccc(Cl)c1Cl)N1CCC2(CCNC2)CC1. The van der Waals surface area contributed by atoms with Gasteiger partial charge in [-0.05, 0) is 43.4 Å². The van der Waals surface area contributed by atoms with Crippen molar-refractivity contribution in [3.05, 3.63) is 33.8 Å². The lowest BCUT2D eigenvalue weighted by Gasteiger charge is -2.39. The number of hydrogen-bond donors (Lipinski definition) is 1. The topological polar surface area (TPSA) is 32.3 Å². The van der Waals surface area contributed by atoms with Crippen molar-refractivity contribution in [3.8, 4) is 0 Å². The summed E-state index contributed by atoms with van der Waals surface area (Å²) in [5.41, 5.74) is 0.925. The van der Waals surface area contributed by atoms with E-state index < -0.39 is 0 Å². The molecule has 5 heteroatoms. The van der Waals surface area contributed by atoms with Crippen LogP contribution < -0.4 is 5.32 Å². The van der Waals surface area contributed by atoms with E-state index in [1.807, 2.05) is 4.90 Å². The van der Waals surface area contributed by atoms with Crippen LogP contribution in [0.3, 0.4) is 0 Å². The third kappa shape index (κ3) is 2.54. The molecule has 0 saturated carbocycles. The van der Waals surface area contributed by atoms with E-state index in [0.29, 0.717) is 21.0 Å². The van der Waals surface area contributed by atoms with Gasteiger partial charge in [-0.15, -0.1) is 0 Å². The highest BCUT2D eigenvalue weighted by Gasteiger charge is 2.38. The molecule has 108 valence electrons. The number of nitrogens with one attached hydrogen (secondary N) is 1. The van der Waals surface area contributed by atoms with Crippen molar-refractivity contribution >= 4 is 29.1 Å². The van der Waals surface area contributed by atoms with Gasteiger partial charge in [0.15, 0.2) is 0 Å². The van der Waals surface area contributed by atoms with Crippen molar-refractivity contribution in [2.45, 2.75) is 19.3 Å². The lowest BCUT2D eigenvalue weighted by atomic mass is 9.78. The summed E-state index contributed by atoms with van der Waals surface area (Å²) in [5.74, 6) is -0.00157. The minimum absolute atomic E-state index is 0.00157. The first kappa shape index (κ1) is 14.2. The molecule has 1 aromatic carbocycles. The number of hydrogen-bond acceptors (Lipinski definition) is 2. The van der Waals surface area contributed by atoms with E-state index in [-0.39, 0.29) is 5.91 Å². The molecule has 1 N–H and O–H groups in total. The van der Waals surface area contributed by atoms with E-state index in [1.54, 1.807) is 18.2 Å². The summed E-state index contributed by atoms with van der Waals surface area (Å²) in [4.78, 5) is 14.4. The number of amides is 1. The smallest absolute Gasteiger partial charge is 0.255 e. The van der Waals surface area contributed by atoms with Crippen LogP contribution in [-0.2, 0) is 0 Å². The van der Waals surface area contributed by atoms with Crippen LogP contribution in [0.25, 0.3) is 0 Å². The van der Waals surface area contributed by atoms with Crippen LogP contribution in [0.4, 0.5) is 0 Å². The molecule has 2 aliphatic rings. The quantitative estimate of drug-likeness (QED) is 0.863. The second-order valence-corrected chi connectivity index (χ2v) is 6.61. The van der Waals surface area contributed by atoms with Gasteiger partial charge in [-0.1, -0.05) is 29.3 Å². The van der Waals surface area contributed by atoms with Crippen LogP contribution in [0.2, 0.25) is 10.0 Å². The molecular formula is C15H18Cl2N2O. The molecule has 0 atom stereocenters. The molecule has 1 spiro atoms. The van der Waals surface area contributed by atoms with Gasteiger partial charge in [-0.2, -0.15) is 0 Å². The van der Waals surface area contributed by atoms with Gasteiger partial charge in [0.2, 0.25) is 0 Å². The predicted molar refractivity (Wildman–Crippen MR) is 81.5 cm³/mol. The first-order valence-corrected chi connectivity index (χ1v) is 7.81. The first-order chi connectivity index (χ1) is 9.61. The summed E-state index contributed by atoms with van der Waals surface area (Å²) >= 11 is 12.1. The molecule has 0 unspecified atom stereocenters. The van der Waals surface area contributed by atoms with E-state index in [4.69, 9.17) is 23.2 Å². The molecule has 3 nitrogen and oxygen atoms in total. The number of carbonyl (C=O) groups is 1. The molecule has 2 fully saturated rings. The number of rotatable bonds is 1. The Bertz CT molecular complexity index is 517. The van der Waals surface area contributed by atoms with Crippen molar-refractivity contribution in [2.24, 2.45) is 5.41 Å². The Balaban J connectivity index is 1.71. The Hall–Kier alpha value is -0.770. The summed E-state index contributed by atoms with van der Waals surface area (Å²) < 4.78 is 0. The normalized spacial score (nSPS) is 21.4. The predicted octanol–water partition coefficient (Wildman–Crippen LogP) is 3.21. The molecule has 2 saturated heterocycles. The third-order valence-corrected chi connectivity index (χ3v) is 5.44. The Morgan fingerprint density at radius 3 is 2.60 bits per heavy atom.